The van der Waals surface area contributed by atoms with Gasteiger partial charge >= 0.3 is 0 Å². The zero-order chi connectivity index (χ0) is 17.5. The van der Waals surface area contributed by atoms with Gasteiger partial charge < -0.3 is 0 Å². The highest BCUT2D eigenvalue weighted by Gasteiger charge is 2.11. The fourth-order valence-electron chi connectivity index (χ4n) is 4.00. The van der Waals surface area contributed by atoms with Crippen LogP contribution in [0.5, 0.6) is 0 Å². The van der Waals surface area contributed by atoms with E-state index in [-0.39, 0.29) is 0 Å². The van der Waals surface area contributed by atoms with Crippen molar-refractivity contribution in [1.29, 1.82) is 0 Å². The maximum Gasteiger partial charge on any atom is 0.0860 e. The molecule has 0 spiro atoms. The zero-order valence-corrected chi connectivity index (χ0v) is 14.3. The van der Waals surface area contributed by atoms with Gasteiger partial charge in [-0.2, -0.15) is 0 Å². The van der Waals surface area contributed by atoms with Crippen LogP contribution in [-0.2, 0) is 11.3 Å². The van der Waals surface area contributed by atoms with E-state index in [1.807, 2.05) is 0 Å². The van der Waals surface area contributed by atoms with Crippen LogP contribution in [0, 0.1) is 0 Å². The molecule has 0 aliphatic heterocycles. The monoisotopic (exact) mass is 338 g/mol. The quantitative estimate of drug-likeness (QED) is 0.237. The summed E-state index contributed by atoms with van der Waals surface area (Å²) < 4.78 is 0. The fraction of sp³-hybridized carbons (Fsp3) is 0.0833. The first kappa shape index (κ1) is 15.3. The van der Waals surface area contributed by atoms with Gasteiger partial charge in [-0.15, -0.1) is 0 Å². The molecule has 0 aliphatic rings. The molecule has 5 aromatic carbocycles. The van der Waals surface area contributed by atoms with Gasteiger partial charge in [-0.25, -0.2) is 4.89 Å². The summed E-state index contributed by atoms with van der Waals surface area (Å²) in [7, 11) is 0. The molecule has 0 aliphatic carbocycles. The Hall–Kier alpha value is -2.94. The second kappa shape index (κ2) is 6.10. The lowest BCUT2D eigenvalue weighted by atomic mass is 9.90. The lowest BCUT2D eigenvalue weighted by Crippen LogP contribution is -1.94. The standard InChI is InChI=1S/C24H18O2/c25-26-15-14-16-4-6-17(7-5-16)21-12-10-20-9-8-18-2-1-3-19-11-13-22(21)24(20)23(18)19/h1-13,25H,14-15H2. The fourth-order valence-corrected chi connectivity index (χ4v) is 4.00. The summed E-state index contributed by atoms with van der Waals surface area (Å²) in [5.41, 5.74) is 3.61. The van der Waals surface area contributed by atoms with Gasteiger partial charge in [0.05, 0.1) is 6.61 Å². The van der Waals surface area contributed by atoms with E-state index < -0.39 is 0 Å². The molecule has 0 bridgehead atoms. The summed E-state index contributed by atoms with van der Waals surface area (Å²) in [5.74, 6) is 0. The Kier molecular flexibility index (Phi) is 3.59. The van der Waals surface area contributed by atoms with Crippen molar-refractivity contribution >= 4 is 32.3 Å². The van der Waals surface area contributed by atoms with Crippen LogP contribution in [-0.4, -0.2) is 11.9 Å². The lowest BCUT2D eigenvalue weighted by molar-refractivity contribution is -0.241. The Morgan fingerprint density at radius 1 is 0.654 bits per heavy atom. The van der Waals surface area contributed by atoms with Gasteiger partial charge in [0.15, 0.2) is 0 Å². The van der Waals surface area contributed by atoms with Crippen LogP contribution in [0.15, 0.2) is 78.9 Å². The van der Waals surface area contributed by atoms with Crippen LogP contribution in [0.1, 0.15) is 5.56 Å². The molecule has 5 rings (SSSR count). The number of benzene rings is 5. The van der Waals surface area contributed by atoms with Gasteiger partial charge in [0.2, 0.25) is 0 Å². The highest BCUT2D eigenvalue weighted by atomic mass is 17.1. The van der Waals surface area contributed by atoms with E-state index >= 15 is 0 Å². The van der Waals surface area contributed by atoms with E-state index in [9.17, 15) is 0 Å². The molecule has 0 heterocycles. The van der Waals surface area contributed by atoms with Crippen LogP contribution in [0.2, 0.25) is 0 Å². The van der Waals surface area contributed by atoms with Gasteiger partial charge in [0, 0.05) is 0 Å². The average molecular weight is 338 g/mol. The predicted octanol–water partition coefficient (Wildman–Crippen LogP) is 6.28. The molecular weight excluding hydrogens is 320 g/mol. The molecule has 0 unspecified atom stereocenters. The third-order valence-electron chi connectivity index (χ3n) is 5.28. The van der Waals surface area contributed by atoms with Crippen molar-refractivity contribution in [3.05, 3.63) is 84.4 Å². The molecule has 0 amide bonds. The molecule has 2 nitrogen and oxygen atoms in total. The molecule has 0 saturated heterocycles. The predicted molar refractivity (Wildman–Crippen MR) is 108 cm³/mol. The van der Waals surface area contributed by atoms with Gasteiger partial charge in [0.1, 0.15) is 0 Å². The van der Waals surface area contributed by atoms with E-state index in [0.29, 0.717) is 13.0 Å². The lowest BCUT2D eigenvalue weighted by Gasteiger charge is -2.14. The summed E-state index contributed by atoms with van der Waals surface area (Å²) in [5, 5.41) is 16.4. The van der Waals surface area contributed by atoms with E-state index in [0.717, 1.165) is 5.56 Å². The van der Waals surface area contributed by atoms with Crippen LogP contribution in [0.4, 0.5) is 0 Å². The van der Waals surface area contributed by atoms with E-state index in [4.69, 9.17) is 5.26 Å². The number of hydrogen-bond donors (Lipinski definition) is 1. The van der Waals surface area contributed by atoms with Crippen LogP contribution in [0.3, 0.4) is 0 Å². The first-order chi connectivity index (χ1) is 12.8. The molecule has 0 atom stereocenters. The number of hydrogen-bond acceptors (Lipinski definition) is 2. The Labute approximate surface area is 151 Å². The van der Waals surface area contributed by atoms with Crippen molar-refractivity contribution in [2.24, 2.45) is 0 Å². The molecule has 126 valence electrons. The summed E-state index contributed by atoms with van der Waals surface area (Å²) in [6.07, 6.45) is 0.704. The number of rotatable bonds is 4. The minimum absolute atomic E-state index is 0.318. The maximum atomic E-state index is 8.51. The molecule has 26 heavy (non-hydrogen) atoms. The van der Waals surface area contributed by atoms with E-state index in [1.165, 1.54) is 43.4 Å². The van der Waals surface area contributed by atoms with E-state index in [1.54, 1.807) is 0 Å². The van der Waals surface area contributed by atoms with Gasteiger partial charge in [0.25, 0.3) is 0 Å². The smallest absolute Gasteiger partial charge is 0.0860 e. The van der Waals surface area contributed by atoms with Crippen LogP contribution in [0.25, 0.3) is 43.4 Å². The minimum Gasteiger partial charge on any atom is -0.252 e. The molecule has 2 heteroatoms. The van der Waals surface area contributed by atoms with Crippen molar-refractivity contribution in [1.82, 2.24) is 0 Å². The van der Waals surface area contributed by atoms with Crippen molar-refractivity contribution in [2.45, 2.75) is 6.42 Å². The zero-order valence-electron chi connectivity index (χ0n) is 14.3. The van der Waals surface area contributed by atoms with Crippen molar-refractivity contribution in [3.63, 3.8) is 0 Å². The Morgan fingerprint density at radius 3 is 2.04 bits per heavy atom. The summed E-state index contributed by atoms with van der Waals surface area (Å²) in [6, 6.07) is 28.3. The topological polar surface area (TPSA) is 29.5 Å². The highest BCUT2D eigenvalue weighted by molar-refractivity contribution is 6.25. The largest absolute Gasteiger partial charge is 0.252 e. The summed E-state index contributed by atoms with van der Waals surface area (Å²) in [4.78, 5) is 4.18. The molecule has 5 aromatic rings. The Morgan fingerprint density at radius 2 is 1.31 bits per heavy atom. The normalized spacial score (nSPS) is 11.7. The molecule has 0 saturated carbocycles. The first-order valence-corrected chi connectivity index (χ1v) is 8.87. The first-order valence-electron chi connectivity index (χ1n) is 8.87. The molecule has 1 N–H and O–H groups in total. The average Bonchev–Trinajstić information content (AvgIpc) is 2.71. The molecular formula is C24H18O2. The second-order valence-corrected chi connectivity index (χ2v) is 6.75. The van der Waals surface area contributed by atoms with Gasteiger partial charge in [-0.05, 0) is 55.4 Å². The van der Waals surface area contributed by atoms with Gasteiger partial charge in [-0.3, -0.25) is 5.26 Å². The maximum absolute atomic E-state index is 8.51. The van der Waals surface area contributed by atoms with Crippen molar-refractivity contribution < 1.29 is 10.1 Å². The third kappa shape index (κ3) is 2.35. The van der Waals surface area contributed by atoms with Crippen molar-refractivity contribution in [2.75, 3.05) is 6.61 Å². The second-order valence-electron chi connectivity index (χ2n) is 6.75. The van der Waals surface area contributed by atoms with Crippen molar-refractivity contribution in [3.8, 4) is 11.1 Å². The molecule has 0 fully saturated rings. The Bertz CT molecular complexity index is 1190. The highest BCUT2D eigenvalue weighted by Crippen LogP contribution is 2.39. The SMILES string of the molecule is OOCCc1ccc(-c2ccc3ccc4cccc5ccc2c3c45)cc1. The summed E-state index contributed by atoms with van der Waals surface area (Å²) >= 11 is 0. The van der Waals surface area contributed by atoms with E-state index in [2.05, 4.69) is 83.8 Å². The summed E-state index contributed by atoms with van der Waals surface area (Å²) in [6.45, 7) is 0.318. The Balaban J connectivity index is 1.73. The minimum atomic E-state index is 0.318. The van der Waals surface area contributed by atoms with Crippen LogP contribution >= 0.6 is 0 Å². The van der Waals surface area contributed by atoms with Crippen LogP contribution < -0.4 is 0 Å². The molecule has 0 radical (unpaired) electrons. The third-order valence-corrected chi connectivity index (χ3v) is 5.28. The molecule has 0 aromatic heterocycles. The van der Waals surface area contributed by atoms with Gasteiger partial charge in [-0.1, -0.05) is 78.9 Å².